The maximum Gasteiger partial charge on any atom is 0.416 e. The van der Waals surface area contributed by atoms with Crippen molar-refractivity contribution in [1.82, 2.24) is 14.5 Å². The van der Waals surface area contributed by atoms with Crippen molar-refractivity contribution in [2.75, 3.05) is 36.0 Å². The molecule has 0 atom stereocenters. The lowest BCUT2D eigenvalue weighted by Gasteiger charge is -2.36. The van der Waals surface area contributed by atoms with Crippen LogP contribution in [0.1, 0.15) is 11.1 Å². The van der Waals surface area contributed by atoms with Crippen LogP contribution in [0, 0.1) is 0 Å². The molecule has 2 aromatic heterocycles. The highest BCUT2D eigenvalue weighted by molar-refractivity contribution is 5.62. The average molecular weight is 455 g/mol. The molecule has 0 radical (unpaired) electrons. The number of aromatic nitrogens is 3. The van der Waals surface area contributed by atoms with Gasteiger partial charge in [-0.25, -0.2) is 9.97 Å². The molecule has 0 saturated carbocycles. The van der Waals surface area contributed by atoms with E-state index in [1.807, 2.05) is 4.90 Å². The van der Waals surface area contributed by atoms with E-state index < -0.39 is 23.5 Å². The molecule has 0 spiro atoms. The molecule has 0 bridgehead atoms. The van der Waals surface area contributed by atoms with E-state index in [1.165, 1.54) is 6.07 Å². The maximum absolute atomic E-state index is 13.0. The molecule has 170 valence electrons. The van der Waals surface area contributed by atoms with Crippen LogP contribution >= 0.6 is 0 Å². The molecule has 0 aliphatic carbocycles. The molecular weight excluding hydrogens is 436 g/mol. The Morgan fingerprint density at radius 3 is 2.09 bits per heavy atom. The van der Waals surface area contributed by atoms with Gasteiger partial charge < -0.3 is 14.4 Å². The van der Waals surface area contributed by atoms with Gasteiger partial charge in [-0.1, -0.05) is 12.1 Å². The van der Waals surface area contributed by atoms with Gasteiger partial charge in [-0.3, -0.25) is 0 Å². The van der Waals surface area contributed by atoms with Crippen LogP contribution in [0.15, 0.2) is 48.8 Å². The molecular formula is C21H19F6N5. The Balaban J connectivity index is 1.49. The fraction of sp³-hybridized carbons (Fsp3) is 0.333. The summed E-state index contributed by atoms with van der Waals surface area (Å²) in [6.07, 6.45) is -6.08. The molecule has 3 aromatic rings. The van der Waals surface area contributed by atoms with Crippen molar-refractivity contribution in [3.8, 4) is 11.3 Å². The number of piperazine rings is 1. The van der Waals surface area contributed by atoms with Crippen molar-refractivity contribution in [1.29, 1.82) is 0 Å². The molecule has 32 heavy (non-hydrogen) atoms. The van der Waals surface area contributed by atoms with Gasteiger partial charge in [0.25, 0.3) is 0 Å². The van der Waals surface area contributed by atoms with Gasteiger partial charge in [-0.05, 0) is 24.3 Å². The lowest BCUT2D eigenvalue weighted by molar-refractivity contribution is -0.138. The highest BCUT2D eigenvalue weighted by atomic mass is 19.4. The zero-order chi connectivity index (χ0) is 23.1. The lowest BCUT2D eigenvalue weighted by Crippen LogP contribution is -2.47. The first-order valence-electron chi connectivity index (χ1n) is 9.76. The standard InChI is InChI=1S/C21H19F6N5/c1-30-13-17(14-3-2-4-15(11-14)20(22,23)24)29-19(30)32-9-7-31(8-10-32)18-12-16(5-6-28-18)21(25,26)27/h2-6,11-13H,7-10H2,1H3. The Labute approximate surface area is 179 Å². The van der Waals surface area contributed by atoms with E-state index in [-0.39, 0.29) is 5.82 Å². The van der Waals surface area contributed by atoms with Crippen molar-refractivity contribution >= 4 is 11.8 Å². The third-order valence-electron chi connectivity index (χ3n) is 5.30. The lowest BCUT2D eigenvalue weighted by atomic mass is 10.1. The molecule has 3 heterocycles. The first-order chi connectivity index (χ1) is 15.0. The molecule has 5 nitrogen and oxygen atoms in total. The number of benzene rings is 1. The number of halogens is 6. The number of anilines is 2. The number of rotatable bonds is 3. The van der Waals surface area contributed by atoms with Crippen molar-refractivity contribution < 1.29 is 26.3 Å². The van der Waals surface area contributed by atoms with Crippen LogP contribution in [-0.2, 0) is 19.4 Å². The summed E-state index contributed by atoms with van der Waals surface area (Å²) in [5.41, 5.74) is -0.729. The SMILES string of the molecule is Cn1cc(-c2cccc(C(F)(F)F)c2)nc1N1CCN(c2cc(C(F)(F)F)ccn2)CC1. The normalized spacial score (nSPS) is 15.3. The van der Waals surface area contributed by atoms with Gasteiger partial charge >= 0.3 is 12.4 Å². The number of hydrogen-bond donors (Lipinski definition) is 0. The zero-order valence-electron chi connectivity index (χ0n) is 17.0. The second-order valence-corrected chi connectivity index (χ2v) is 7.49. The maximum atomic E-state index is 13.0. The Kier molecular flexibility index (Phi) is 5.51. The molecule has 4 rings (SSSR count). The van der Waals surface area contributed by atoms with E-state index in [4.69, 9.17) is 0 Å². The Morgan fingerprint density at radius 1 is 0.812 bits per heavy atom. The van der Waals surface area contributed by atoms with Crippen molar-refractivity contribution in [2.45, 2.75) is 12.4 Å². The molecule has 1 aromatic carbocycles. The monoisotopic (exact) mass is 455 g/mol. The van der Waals surface area contributed by atoms with Crippen molar-refractivity contribution in [3.63, 3.8) is 0 Å². The minimum atomic E-state index is -4.44. The van der Waals surface area contributed by atoms with E-state index in [1.54, 1.807) is 28.8 Å². The summed E-state index contributed by atoms with van der Waals surface area (Å²) in [4.78, 5) is 12.3. The third kappa shape index (κ3) is 4.51. The summed E-state index contributed by atoms with van der Waals surface area (Å²) >= 11 is 0. The fourth-order valence-corrected chi connectivity index (χ4v) is 3.65. The zero-order valence-corrected chi connectivity index (χ0v) is 17.0. The van der Waals surface area contributed by atoms with Crippen LogP contribution in [-0.4, -0.2) is 40.7 Å². The van der Waals surface area contributed by atoms with Crippen LogP contribution in [0.5, 0.6) is 0 Å². The third-order valence-corrected chi connectivity index (χ3v) is 5.30. The van der Waals surface area contributed by atoms with E-state index in [2.05, 4.69) is 9.97 Å². The van der Waals surface area contributed by atoms with Gasteiger partial charge in [-0.15, -0.1) is 0 Å². The smallest absolute Gasteiger partial charge is 0.353 e. The van der Waals surface area contributed by atoms with Crippen LogP contribution in [0.4, 0.5) is 38.1 Å². The molecule has 1 aliphatic rings. The van der Waals surface area contributed by atoms with Gasteiger partial charge in [0.2, 0.25) is 5.95 Å². The molecule has 1 fully saturated rings. The predicted molar refractivity (Wildman–Crippen MR) is 107 cm³/mol. The minimum Gasteiger partial charge on any atom is -0.353 e. The van der Waals surface area contributed by atoms with E-state index >= 15 is 0 Å². The van der Waals surface area contributed by atoms with Crippen LogP contribution < -0.4 is 9.80 Å². The van der Waals surface area contributed by atoms with Crippen LogP contribution in [0.3, 0.4) is 0 Å². The molecule has 0 N–H and O–H groups in total. The summed E-state index contributed by atoms with van der Waals surface area (Å²) < 4.78 is 79.7. The predicted octanol–water partition coefficient (Wildman–Crippen LogP) is 4.85. The highest BCUT2D eigenvalue weighted by Gasteiger charge is 2.32. The summed E-state index contributed by atoms with van der Waals surface area (Å²) in [5.74, 6) is 0.832. The summed E-state index contributed by atoms with van der Waals surface area (Å²) in [6, 6.07) is 6.94. The first-order valence-corrected chi connectivity index (χ1v) is 9.76. The second kappa shape index (κ2) is 8.03. The Morgan fingerprint density at radius 2 is 1.44 bits per heavy atom. The number of hydrogen-bond acceptors (Lipinski definition) is 4. The first kappa shape index (κ1) is 22.0. The van der Waals surface area contributed by atoms with E-state index in [0.717, 1.165) is 30.5 Å². The highest BCUT2D eigenvalue weighted by Crippen LogP contribution is 2.33. The molecule has 0 amide bonds. The number of aryl methyl sites for hydroxylation is 1. The number of imidazole rings is 1. The summed E-state index contributed by atoms with van der Waals surface area (Å²) in [6.45, 7) is 1.82. The Bertz CT molecular complexity index is 1100. The van der Waals surface area contributed by atoms with E-state index in [9.17, 15) is 26.3 Å². The number of alkyl halides is 6. The quantitative estimate of drug-likeness (QED) is 0.530. The fourth-order valence-electron chi connectivity index (χ4n) is 3.65. The minimum absolute atomic E-state index is 0.254. The Hall–Kier alpha value is -3.24. The van der Waals surface area contributed by atoms with Gasteiger partial charge in [0.15, 0.2) is 0 Å². The summed E-state index contributed by atoms with van der Waals surface area (Å²) in [7, 11) is 1.75. The topological polar surface area (TPSA) is 37.2 Å². The van der Waals surface area contributed by atoms with Crippen molar-refractivity contribution in [3.05, 3.63) is 59.9 Å². The summed E-state index contributed by atoms with van der Waals surface area (Å²) in [5, 5.41) is 0. The second-order valence-electron chi connectivity index (χ2n) is 7.49. The van der Waals surface area contributed by atoms with Gasteiger partial charge in [0, 0.05) is 51.2 Å². The molecule has 0 unspecified atom stereocenters. The molecule has 1 saturated heterocycles. The van der Waals surface area contributed by atoms with Gasteiger partial charge in [0.05, 0.1) is 16.8 Å². The largest absolute Gasteiger partial charge is 0.416 e. The molecule has 11 heteroatoms. The van der Waals surface area contributed by atoms with Crippen LogP contribution in [0.2, 0.25) is 0 Å². The average Bonchev–Trinajstić information content (AvgIpc) is 3.14. The van der Waals surface area contributed by atoms with Crippen molar-refractivity contribution in [2.24, 2.45) is 7.05 Å². The van der Waals surface area contributed by atoms with Gasteiger partial charge in [-0.2, -0.15) is 26.3 Å². The molecule has 1 aliphatic heterocycles. The number of pyridine rings is 1. The van der Waals surface area contributed by atoms with Gasteiger partial charge in [0.1, 0.15) is 5.82 Å². The van der Waals surface area contributed by atoms with E-state index in [0.29, 0.717) is 43.4 Å². The number of nitrogens with zero attached hydrogens (tertiary/aromatic N) is 5. The van der Waals surface area contributed by atoms with Crippen LogP contribution in [0.25, 0.3) is 11.3 Å².